The van der Waals surface area contributed by atoms with Gasteiger partial charge in [0, 0.05) is 63.0 Å². The Morgan fingerprint density at radius 1 is 0.400 bits per heavy atom. The molecule has 0 aliphatic rings. The fraction of sp³-hybridized carbons (Fsp3) is 0.535. The number of nitrogens with one attached hydrogen (secondary N) is 4. The van der Waals surface area contributed by atoms with E-state index in [9.17, 15) is 48.3 Å². The number of nitrogens with two attached hydrogens (primary N) is 4. The van der Waals surface area contributed by atoms with Crippen LogP contribution >= 0.6 is 0 Å². The van der Waals surface area contributed by atoms with E-state index in [1.807, 2.05) is 163 Å². The lowest BCUT2D eigenvalue weighted by atomic mass is 9.88. The van der Waals surface area contributed by atoms with Crippen molar-refractivity contribution in [2.75, 3.05) is 26.7 Å². The van der Waals surface area contributed by atoms with Crippen LogP contribution in [-0.4, -0.2) is 120 Å². The van der Waals surface area contributed by atoms with Crippen LogP contribution in [-0.2, 0) is 68.8 Å². The molecule has 0 aliphatic carbocycles. The van der Waals surface area contributed by atoms with Gasteiger partial charge in [0.25, 0.3) is 0 Å². The smallest absolute Gasteiger partial charge is 0.326 e. The summed E-state index contributed by atoms with van der Waals surface area (Å²) in [5, 5.41) is 28.7. The van der Waals surface area contributed by atoms with Crippen molar-refractivity contribution in [1.29, 1.82) is 0 Å². The Morgan fingerprint density at radius 3 is 1.04 bits per heavy atom. The molecule has 0 unspecified atom stereocenters. The van der Waals surface area contributed by atoms with Gasteiger partial charge >= 0.3 is 5.97 Å². The van der Waals surface area contributed by atoms with Gasteiger partial charge in [-0.05, 0) is 131 Å². The summed E-state index contributed by atoms with van der Waals surface area (Å²) in [6.45, 7) is 12.3. The van der Waals surface area contributed by atoms with Crippen LogP contribution in [0.2, 0.25) is 0 Å². The first-order valence-corrected chi connectivity index (χ1v) is 32.2. The van der Waals surface area contributed by atoms with E-state index < -0.39 is 89.3 Å². The molecule has 0 saturated heterocycles. The van der Waals surface area contributed by atoms with Gasteiger partial charge in [-0.2, -0.15) is 0 Å². The van der Waals surface area contributed by atoms with Gasteiger partial charge in [-0.15, -0.1) is 0 Å². The number of carboxylic acid groups (broad SMARTS) is 1. The number of rotatable bonds is 43. The summed E-state index contributed by atoms with van der Waals surface area (Å²) < 4.78 is 0. The zero-order chi connectivity index (χ0) is 67.0. The van der Waals surface area contributed by atoms with Gasteiger partial charge in [-0.3, -0.25) is 38.4 Å². The number of carbonyl (C=O) groups excluding carboxylic acids is 8. The van der Waals surface area contributed by atoms with Gasteiger partial charge in [-0.25, -0.2) is 4.79 Å². The molecule has 0 aromatic heterocycles. The van der Waals surface area contributed by atoms with Crippen molar-refractivity contribution < 1.29 is 53.4 Å². The quantitative estimate of drug-likeness (QED) is 0.0201. The number of aliphatic hydroxyl groups excluding tert-OH is 1. The standard InChI is InChI=1S/C68H96N8O10.C2H6.CH4O/c1-45(2)35-58(75-66(83)53(37-47-21-9-5-10-22-47)43-60(77)55(71)39-49-25-13-7-14-26-49)62(79)41-51(29-19-32-69)64(81)73-34-18-17-31-57(68(85)86)74-65(82)52(30-20-33-70)42-63(80)59(36-46(3)4)76-67(84)54(38-48-23-11-6-12-24-48)44-61(78)56(72)40-50-27-15-8-16-28-50;2*1-2/h5-16,21-28,45-46,51-59H,17-20,29-44,69-72H2,1-4H3,(H,73,81)(H,74,82)(H,75,83)(H,76,84)(H,85,86);1-2H3;2H,1H3/t51-,52-,53-,54-,55+,56+,57+,58+,59+;;/m0../s1. The highest BCUT2D eigenvalue weighted by Crippen LogP contribution is 2.23. The van der Waals surface area contributed by atoms with Crippen molar-refractivity contribution in [3.63, 3.8) is 0 Å². The van der Waals surface area contributed by atoms with E-state index in [0.717, 1.165) is 29.4 Å². The van der Waals surface area contributed by atoms with Crippen molar-refractivity contribution in [3.05, 3.63) is 144 Å². The van der Waals surface area contributed by atoms with Crippen LogP contribution in [0.4, 0.5) is 0 Å². The Balaban J connectivity index is 0.00000676. The first kappa shape index (κ1) is 78.8. The Kier molecular flexibility index (Phi) is 39.4. The van der Waals surface area contributed by atoms with E-state index in [1.165, 1.54) is 0 Å². The summed E-state index contributed by atoms with van der Waals surface area (Å²) in [4.78, 5) is 124. The minimum Gasteiger partial charge on any atom is -0.480 e. The minimum atomic E-state index is -1.33. The fourth-order valence-electron chi connectivity index (χ4n) is 10.7. The molecule has 0 fully saturated rings. The monoisotopic (exact) mass is 1250 g/mol. The number of Topliss-reactive ketones (excluding diaryl/α,β-unsaturated/α-hetero) is 4. The van der Waals surface area contributed by atoms with E-state index in [0.29, 0.717) is 44.9 Å². The summed E-state index contributed by atoms with van der Waals surface area (Å²) in [6.07, 6.45) is 2.73. The Bertz CT molecular complexity index is 2740. The second-order valence-electron chi connectivity index (χ2n) is 23.9. The second-order valence-corrected chi connectivity index (χ2v) is 23.9. The van der Waals surface area contributed by atoms with Gasteiger partial charge in [-0.1, -0.05) is 163 Å². The molecule has 0 radical (unpaired) electrons. The van der Waals surface area contributed by atoms with Crippen LogP contribution in [0.1, 0.15) is 147 Å². The van der Waals surface area contributed by atoms with Crippen LogP contribution in [0.3, 0.4) is 0 Å². The van der Waals surface area contributed by atoms with Crippen molar-refractivity contribution in [2.45, 2.75) is 181 Å². The maximum Gasteiger partial charge on any atom is 0.326 e. The number of ketones is 4. The number of benzene rings is 4. The second kappa shape index (κ2) is 45.0. The molecule has 14 N–H and O–H groups in total. The minimum absolute atomic E-state index is 0.00143. The predicted molar refractivity (Wildman–Crippen MR) is 354 cm³/mol. The summed E-state index contributed by atoms with van der Waals surface area (Å²) in [5.74, 6) is -8.09. The van der Waals surface area contributed by atoms with E-state index in [1.54, 1.807) is 0 Å². The van der Waals surface area contributed by atoms with Gasteiger partial charge in [0.05, 0.1) is 24.2 Å². The average molecular weight is 1250 g/mol. The lowest BCUT2D eigenvalue weighted by molar-refractivity contribution is -0.143. The molecule has 4 aromatic rings. The highest BCUT2D eigenvalue weighted by Gasteiger charge is 2.35. The highest BCUT2D eigenvalue weighted by atomic mass is 16.4. The topological polar surface area (TPSA) is 346 Å². The Hall–Kier alpha value is -7.29. The van der Waals surface area contributed by atoms with E-state index in [4.69, 9.17) is 28.0 Å². The number of unbranched alkanes of at least 4 members (excludes halogenated alkanes) is 1. The molecule has 4 rings (SSSR count). The molecular weight excluding hydrogens is 1140 g/mol. The van der Waals surface area contributed by atoms with Crippen LogP contribution in [0.5, 0.6) is 0 Å². The highest BCUT2D eigenvalue weighted by molar-refractivity contribution is 5.96. The van der Waals surface area contributed by atoms with Gasteiger partial charge in [0.1, 0.15) is 6.04 Å². The summed E-state index contributed by atoms with van der Waals surface area (Å²) in [7, 11) is 1.00. The fourth-order valence-corrected chi connectivity index (χ4v) is 10.7. The Morgan fingerprint density at radius 2 is 0.711 bits per heavy atom. The number of amides is 4. The molecule has 496 valence electrons. The van der Waals surface area contributed by atoms with Crippen LogP contribution in [0, 0.1) is 35.5 Å². The predicted octanol–water partition coefficient (Wildman–Crippen LogP) is 6.94. The van der Waals surface area contributed by atoms with E-state index in [-0.39, 0.29) is 113 Å². The number of hydrogen-bond acceptors (Lipinski definition) is 14. The summed E-state index contributed by atoms with van der Waals surface area (Å²) in [6, 6.07) is 32.3. The maximum absolute atomic E-state index is 14.3. The molecule has 0 heterocycles. The molecule has 0 bridgehead atoms. The summed E-state index contributed by atoms with van der Waals surface area (Å²) in [5.41, 5.74) is 27.9. The zero-order valence-corrected chi connectivity index (χ0v) is 54.4. The first-order chi connectivity index (χ1) is 43.2. The average Bonchev–Trinajstić information content (AvgIpc) is 2.46. The van der Waals surface area contributed by atoms with Crippen molar-refractivity contribution in [1.82, 2.24) is 21.3 Å². The van der Waals surface area contributed by atoms with Crippen molar-refractivity contribution in [3.8, 4) is 0 Å². The van der Waals surface area contributed by atoms with Gasteiger partial charge in [0.2, 0.25) is 23.6 Å². The molecule has 0 aliphatic heterocycles. The van der Waals surface area contributed by atoms with Gasteiger partial charge in [0.15, 0.2) is 23.1 Å². The number of aliphatic hydroxyl groups is 1. The number of carboxylic acids is 1. The lowest BCUT2D eigenvalue weighted by Crippen LogP contribution is -2.48. The van der Waals surface area contributed by atoms with Crippen LogP contribution in [0.25, 0.3) is 0 Å². The van der Waals surface area contributed by atoms with Crippen LogP contribution in [0.15, 0.2) is 121 Å². The third kappa shape index (κ3) is 31.0. The third-order valence-electron chi connectivity index (χ3n) is 15.5. The SMILES string of the molecule is CC.CC(C)C[C@@H](NC(=O)[C@H](CC(=O)[C@H](N)Cc1ccccc1)Cc1ccccc1)C(=O)C[C@H](CCCN)C(=O)NCCCC[C@@H](NC(=O)[C@@H](CCCN)CC(=O)[C@@H](CC(C)C)NC(=O)[C@H](CC(=O)[C@H](N)Cc1ccccc1)Cc1ccccc1)C(=O)O.CO. The van der Waals surface area contributed by atoms with Crippen molar-refractivity contribution >= 4 is 52.7 Å². The maximum atomic E-state index is 14.3. The molecule has 90 heavy (non-hydrogen) atoms. The molecule has 4 amide bonds. The van der Waals surface area contributed by atoms with Gasteiger partial charge < -0.3 is 54.4 Å². The largest absolute Gasteiger partial charge is 0.480 e. The Labute approximate surface area is 534 Å². The van der Waals surface area contributed by atoms with E-state index in [2.05, 4.69) is 21.3 Å². The molecule has 19 nitrogen and oxygen atoms in total. The number of aliphatic carboxylic acids is 1. The zero-order valence-electron chi connectivity index (χ0n) is 54.4. The van der Waals surface area contributed by atoms with Crippen LogP contribution < -0.4 is 44.2 Å². The van der Waals surface area contributed by atoms with E-state index >= 15 is 0 Å². The molecule has 9 atom stereocenters. The molecule has 0 spiro atoms. The van der Waals surface area contributed by atoms with Crippen molar-refractivity contribution in [2.24, 2.45) is 58.4 Å². The third-order valence-corrected chi connectivity index (χ3v) is 15.5. The number of carbonyl (C=O) groups is 9. The molecule has 0 saturated carbocycles. The molecule has 4 aromatic carbocycles. The first-order valence-electron chi connectivity index (χ1n) is 32.2. The molecule has 19 heteroatoms. The normalized spacial score (nSPS) is 14.0. The lowest BCUT2D eigenvalue weighted by Gasteiger charge is -2.26. The molecular formula is C71H106N8O11. The number of hydrogen-bond donors (Lipinski definition) is 10. The summed E-state index contributed by atoms with van der Waals surface area (Å²) >= 11 is 0.